The summed E-state index contributed by atoms with van der Waals surface area (Å²) in [6.07, 6.45) is 0.895. The van der Waals surface area contributed by atoms with E-state index in [1.54, 1.807) is 18.2 Å². The van der Waals surface area contributed by atoms with Gasteiger partial charge in [0.2, 0.25) is 0 Å². The van der Waals surface area contributed by atoms with Crippen LogP contribution in [0.2, 0.25) is 0 Å². The zero-order valence-electron chi connectivity index (χ0n) is 10.4. The Kier molecular flexibility index (Phi) is 2.68. The Morgan fingerprint density at radius 1 is 0.850 bits per heavy atom. The van der Waals surface area contributed by atoms with E-state index >= 15 is 0 Å². The van der Waals surface area contributed by atoms with Gasteiger partial charge in [-0.15, -0.1) is 0 Å². The minimum absolute atomic E-state index is 0.0354. The summed E-state index contributed by atoms with van der Waals surface area (Å²) in [5.74, 6) is 0.182. The number of hydrogen-bond acceptors (Lipinski definition) is 4. The smallest absolute Gasteiger partial charge is 0.268 e. The zero-order valence-corrected chi connectivity index (χ0v) is 10.4. The molecule has 2 aromatic carbocycles. The van der Waals surface area contributed by atoms with Crippen LogP contribution in [0.4, 0.5) is 0 Å². The predicted molar refractivity (Wildman–Crippen MR) is 72.9 cm³/mol. The molecule has 2 aromatic rings. The van der Waals surface area contributed by atoms with Gasteiger partial charge in [0.1, 0.15) is 5.75 Å². The summed E-state index contributed by atoms with van der Waals surface area (Å²) in [5.41, 5.74) is 1.25. The van der Waals surface area contributed by atoms with Gasteiger partial charge in [-0.25, -0.2) is 0 Å². The molecular formula is C15H13O5+. The number of rotatable bonds is 1. The summed E-state index contributed by atoms with van der Waals surface area (Å²) in [6.45, 7) is 0. The van der Waals surface area contributed by atoms with E-state index in [1.165, 1.54) is 24.3 Å². The molecule has 20 heavy (non-hydrogen) atoms. The molecule has 0 spiro atoms. The van der Waals surface area contributed by atoms with Crippen molar-refractivity contribution < 1.29 is 25.2 Å². The van der Waals surface area contributed by atoms with Gasteiger partial charge in [0.25, 0.3) is 11.9 Å². The lowest BCUT2D eigenvalue weighted by molar-refractivity contribution is -0.0193. The number of phenols is 3. The lowest BCUT2D eigenvalue weighted by Gasteiger charge is -2.21. The lowest BCUT2D eigenvalue weighted by Crippen LogP contribution is -2.11. The topological polar surface area (TPSA) is 93.7 Å². The summed E-state index contributed by atoms with van der Waals surface area (Å²) in [4.78, 5) is 0. The van der Waals surface area contributed by atoms with E-state index in [9.17, 15) is 20.4 Å². The van der Waals surface area contributed by atoms with Crippen molar-refractivity contribution in [3.8, 4) is 23.0 Å². The van der Waals surface area contributed by atoms with E-state index in [1.807, 2.05) is 0 Å². The summed E-state index contributed by atoms with van der Waals surface area (Å²) < 4.78 is 4.36. The third-order valence-electron chi connectivity index (χ3n) is 3.18. The van der Waals surface area contributed by atoms with Crippen LogP contribution >= 0.6 is 0 Å². The van der Waals surface area contributed by atoms with Crippen LogP contribution in [-0.4, -0.2) is 25.2 Å². The highest BCUT2D eigenvalue weighted by Crippen LogP contribution is 2.40. The van der Waals surface area contributed by atoms with Crippen LogP contribution < -0.4 is 0 Å². The molecule has 0 aliphatic carbocycles. The number of ether oxygens (including phenoxy) is 1. The van der Waals surface area contributed by atoms with Crippen molar-refractivity contribution in [2.45, 2.75) is 6.10 Å². The van der Waals surface area contributed by atoms with Crippen LogP contribution in [0, 0.1) is 0 Å². The molecule has 5 N–H and O–H groups in total. The fourth-order valence-electron chi connectivity index (χ4n) is 2.17. The second-order valence-electron chi connectivity index (χ2n) is 4.59. The third-order valence-corrected chi connectivity index (χ3v) is 3.18. The molecule has 1 heterocycles. The molecule has 5 heteroatoms. The van der Waals surface area contributed by atoms with Crippen molar-refractivity contribution in [2.75, 3.05) is 0 Å². The number of aliphatic hydroxyl groups excluding tert-OH is 1. The summed E-state index contributed by atoms with van der Waals surface area (Å²) in [6, 6.07) is 8.94. The van der Waals surface area contributed by atoms with Crippen LogP contribution in [0.5, 0.6) is 23.0 Å². The number of fused-ring (bicyclic) bond motifs is 1. The van der Waals surface area contributed by atoms with Gasteiger partial charge >= 0.3 is 0 Å². The highest BCUT2D eigenvalue weighted by atomic mass is 16.5. The van der Waals surface area contributed by atoms with E-state index in [4.69, 9.17) is 0 Å². The highest BCUT2D eigenvalue weighted by molar-refractivity contribution is 5.63. The standard InChI is InChI=1S/C15H12O5/c16-10-3-1-8-5-13(19)15(20-14(8)7-10)9-2-4-11(17)12(18)6-9/h1-7,15-19H/p+1. The summed E-state index contributed by atoms with van der Waals surface area (Å²) in [7, 11) is 0. The molecule has 0 amide bonds. The Labute approximate surface area is 114 Å². The van der Waals surface area contributed by atoms with E-state index < -0.39 is 6.10 Å². The van der Waals surface area contributed by atoms with Crippen LogP contribution in [0.1, 0.15) is 17.2 Å². The van der Waals surface area contributed by atoms with Crippen molar-refractivity contribution in [1.29, 1.82) is 0 Å². The van der Waals surface area contributed by atoms with Crippen LogP contribution in [0.15, 0.2) is 42.2 Å². The molecule has 0 aromatic heterocycles. The first kappa shape index (κ1) is 12.2. The monoisotopic (exact) mass is 273 g/mol. The van der Waals surface area contributed by atoms with Gasteiger partial charge in [-0.05, 0) is 30.3 Å². The quantitative estimate of drug-likeness (QED) is 0.474. The molecule has 1 aliphatic heterocycles. The SMILES string of the molecule is OC1=Cc2ccc(O)cc2[OH+]C1c1ccc(O)c(O)c1. The number of benzene rings is 2. The Morgan fingerprint density at radius 3 is 2.40 bits per heavy atom. The average molecular weight is 273 g/mol. The van der Waals surface area contributed by atoms with E-state index in [0.29, 0.717) is 16.9 Å². The number of hydrogen-bond donors (Lipinski definition) is 4. The van der Waals surface area contributed by atoms with Gasteiger partial charge in [0.15, 0.2) is 17.3 Å². The highest BCUT2D eigenvalue weighted by Gasteiger charge is 2.29. The lowest BCUT2D eigenvalue weighted by atomic mass is 10.0. The molecule has 0 bridgehead atoms. The van der Waals surface area contributed by atoms with Crippen molar-refractivity contribution in [3.63, 3.8) is 0 Å². The Hall–Kier alpha value is -2.82. The fraction of sp³-hybridized carbons (Fsp3) is 0.0667. The van der Waals surface area contributed by atoms with Crippen LogP contribution in [-0.2, 0) is 0 Å². The Morgan fingerprint density at radius 2 is 1.65 bits per heavy atom. The molecule has 102 valence electrons. The predicted octanol–water partition coefficient (Wildman–Crippen LogP) is 2.70. The first-order chi connectivity index (χ1) is 9.54. The minimum atomic E-state index is -0.671. The molecule has 3 rings (SSSR count). The van der Waals surface area contributed by atoms with Crippen molar-refractivity contribution in [2.24, 2.45) is 0 Å². The second-order valence-corrected chi connectivity index (χ2v) is 4.59. The number of aromatic hydroxyl groups is 4. The molecule has 0 saturated carbocycles. The van der Waals surface area contributed by atoms with Gasteiger partial charge in [0, 0.05) is 6.08 Å². The first-order valence-electron chi connectivity index (χ1n) is 6.01. The van der Waals surface area contributed by atoms with Crippen LogP contribution in [0.3, 0.4) is 0 Å². The van der Waals surface area contributed by atoms with Gasteiger partial charge in [-0.1, -0.05) is 0 Å². The molecule has 0 fully saturated rings. The fourth-order valence-corrected chi connectivity index (χ4v) is 2.17. The average Bonchev–Trinajstić information content (AvgIpc) is 2.42. The van der Waals surface area contributed by atoms with E-state index in [0.717, 1.165) is 0 Å². The Balaban J connectivity index is 2.02. The number of phenolic OH excluding ortho intramolecular Hbond substituents is 3. The summed E-state index contributed by atoms with van der Waals surface area (Å²) in [5, 5.41) is 38.4. The van der Waals surface area contributed by atoms with Crippen molar-refractivity contribution >= 4 is 6.08 Å². The molecule has 0 radical (unpaired) electrons. The maximum atomic E-state index is 10.1. The number of aliphatic hydroxyl groups is 2. The maximum Gasteiger partial charge on any atom is 0.268 e. The largest absolute Gasteiger partial charge is 0.571 e. The molecule has 0 saturated heterocycles. The molecule has 1 aliphatic rings. The molecular weight excluding hydrogens is 260 g/mol. The van der Waals surface area contributed by atoms with E-state index in [-0.39, 0.29) is 23.0 Å². The van der Waals surface area contributed by atoms with Gasteiger partial charge < -0.3 is 25.2 Å². The molecule has 5 nitrogen and oxygen atoms in total. The van der Waals surface area contributed by atoms with Crippen molar-refractivity contribution in [1.82, 2.24) is 0 Å². The van der Waals surface area contributed by atoms with Crippen molar-refractivity contribution in [3.05, 3.63) is 53.3 Å². The molecule has 1 atom stereocenters. The Bertz CT molecular complexity index is 705. The zero-order chi connectivity index (χ0) is 14.3. The second kappa shape index (κ2) is 4.38. The van der Waals surface area contributed by atoms with Crippen LogP contribution in [0.25, 0.3) is 6.08 Å². The van der Waals surface area contributed by atoms with Gasteiger partial charge in [-0.2, -0.15) is 0 Å². The molecule has 1 unspecified atom stereocenters. The van der Waals surface area contributed by atoms with Gasteiger partial charge in [-0.3, -0.25) is 0 Å². The van der Waals surface area contributed by atoms with Gasteiger partial charge in [0.05, 0.1) is 17.2 Å². The summed E-state index contributed by atoms with van der Waals surface area (Å²) >= 11 is 0. The minimum Gasteiger partial charge on any atom is -0.571 e. The maximum absolute atomic E-state index is 10.1. The normalized spacial score (nSPS) is 17.0. The first-order valence-corrected chi connectivity index (χ1v) is 6.01. The third kappa shape index (κ3) is 1.99. The van der Waals surface area contributed by atoms with E-state index in [2.05, 4.69) is 4.74 Å².